The minimum Gasteiger partial charge on any atom is -0.352 e. The smallest absolute Gasteiger partial charge is 0.242 e. The Kier molecular flexibility index (Phi) is 10.5. The molecule has 0 saturated carbocycles. The van der Waals surface area contributed by atoms with Gasteiger partial charge in [0.2, 0.25) is 21.8 Å². The molecule has 36 heavy (non-hydrogen) atoms. The summed E-state index contributed by atoms with van der Waals surface area (Å²) in [6, 6.07) is 10.5. The topological polar surface area (TPSA) is 86.8 Å². The normalized spacial score (nSPS) is 13.1. The maximum absolute atomic E-state index is 13.4. The highest BCUT2D eigenvalue weighted by Crippen LogP contribution is 2.25. The number of nitrogens with zero attached hydrogens (tertiary/aromatic N) is 2. The van der Waals surface area contributed by atoms with Gasteiger partial charge in [-0.1, -0.05) is 31.2 Å². The molecule has 2 rings (SSSR count). The molecule has 7 nitrogen and oxygen atoms in total. The van der Waals surface area contributed by atoms with Crippen LogP contribution in [0.2, 0.25) is 0 Å². The van der Waals surface area contributed by atoms with Crippen molar-refractivity contribution in [2.45, 2.75) is 72.5 Å². The first-order valence-electron chi connectivity index (χ1n) is 12.2. The van der Waals surface area contributed by atoms with Gasteiger partial charge in [-0.15, -0.1) is 0 Å². The number of anilines is 1. The Labute approximate surface area is 214 Å². The van der Waals surface area contributed by atoms with Crippen LogP contribution in [0.15, 0.2) is 42.5 Å². The molecule has 0 aliphatic rings. The summed E-state index contributed by atoms with van der Waals surface area (Å²) < 4.78 is 39.8. The Morgan fingerprint density at radius 2 is 1.69 bits per heavy atom. The van der Waals surface area contributed by atoms with Gasteiger partial charge in [0, 0.05) is 25.6 Å². The summed E-state index contributed by atoms with van der Waals surface area (Å²) in [4.78, 5) is 27.6. The van der Waals surface area contributed by atoms with Crippen molar-refractivity contribution < 1.29 is 22.4 Å². The van der Waals surface area contributed by atoms with Crippen molar-refractivity contribution in [3.8, 4) is 0 Å². The third-order valence-corrected chi connectivity index (χ3v) is 7.61. The van der Waals surface area contributed by atoms with Gasteiger partial charge < -0.3 is 10.2 Å². The van der Waals surface area contributed by atoms with E-state index in [-0.39, 0.29) is 49.6 Å². The van der Waals surface area contributed by atoms with Gasteiger partial charge in [-0.3, -0.25) is 13.9 Å². The Morgan fingerprint density at radius 1 is 1.06 bits per heavy atom. The molecule has 0 aliphatic heterocycles. The standard InChI is InChI=1S/C27H38FN3O4S/c1-7-20(3)29-27(33)22(5)30(18-23-13-15-24(28)16-14-23)26(32)12-9-17-31(36(6,34)35)25-11-8-10-19(2)21(25)4/h8,10-11,13-16,20,22H,7,9,12,17-18H2,1-6H3,(H,29,33). The largest absolute Gasteiger partial charge is 0.352 e. The van der Waals surface area contributed by atoms with Crippen molar-refractivity contribution in [1.29, 1.82) is 0 Å². The molecule has 0 aromatic heterocycles. The second-order valence-electron chi connectivity index (χ2n) is 9.30. The SMILES string of the molecule is CCC(C)NC(=O)C(C)N(Cc1ccc(F)cc1)C(=O)CCCN(c1cccc(C)c1C)S(C)(=O)=O. The third kappa shape index (κ3) is 8.05. The van der Waals surface area contributed by atoms with E-state index in [4.69, 9.17) is 0 Å². The number of nitrogens with one attached hydrogen (secondary N) is 1. The monoisotopic (exact) mass is 519 g/mol. The lowest BCUT2D eigenvalue weighted by atomic mass is 10.1. The lowest BCUT2D eigenvalue weighted by molar-refractivity contribution is -0.140. The van der Waals surface area contributed by atoms with Gasteiger partial charge in [-0.25, -0.2) is 12.8 Å². The van der Waals surface area contributed by atoms with Gasteiger partial charge in [0.1, 0.15) is 11.9 Å². The van der Waals surface area contributed by atoms with Crippen LogP contribution in [0.3, 0.4) is 0 Å². The van der Waals surface area contributed by atoms with Crippen molar-refractivity contribution in [3.05, 3.63) is 65.0 Å². The molecule has 0 heterocycles. The number of carbonyl (C=O) groups is 2. The Balaban J connectivity index is 2.20. The molecule has 2 amide bonds. The highest BCUT2D eigenvalue weighted by atomic mass is 32.2. The van der Waals surface area contributed by atoms with Crippen molar-refractivity contribution in [2.75, 3.05) is 17.1 Å². The molecule has 0 spiro atoms. The summed E-state index contributed by atoms with van der Waals surface area (Å²) in [7, 11) is -3.57. The molecule has 0 radical (unpaired) electrons. The van der Waals surface area contributed by atoms with Crippen LogP contribution in [0, 0.1) is 19.7 Å². The van der Waals surface area contributed by atoms with E-state index in [2.05, 4.69) is 5.32 Å². The molecule has 2 unspecified atom stereocenters. The van der Waals surface area contributed by atoms with Crippen molar-refractivity contribution in [3.63, 3.8) is 0 Å². The van der Waals surface area contributed by atoms with Gasteiger partial charge in [0.25, 0.3) is 0 Å². The van der Waals surface area contributed by atoms with Crippen LogP contribution in [0.1, 0.15) is 56.7 Å². The fourth-order valence-corrected chi connectivity index (χ4v) is 4.84. The molecule has 2 aromatic rings. The molecule has 9 heteroatoms. The fourth-order valence-electron chi connectivity index (χ4n) is 3.82. The molecule has 2 atom stereocenters. The number of rotatable bonds is 12. The van der Waals surface area contributed by atoms with Crippen LogP contribution in [-0.2, 0) is 26.2 Å². The van der Waals surface area contributed by atoms with Gasteiger partial charge >= 0.3 is 0 Å². The molecular formula is C27H38FN3O4S. The van der Waals surface area contributed by atoms with Crippen molar-refractivity contribution in [1.82, 2.24) is 10.2 Å². The summed E-state index contributed by atoms with van der Waals surface area (Å²) in [6.07, 6.45) is 2.24. The lowest BCUT2D eigenvalue weighted by Crippen LogP contribution is -2.49. The van der Waals surface area contributed by atoms with E-state index in [0.29, 0.717) is 11.3 Å². The number of amides is 2. The van der Waals surface area contributed by atoms with E-state index in [1.165, 1.54) is 21.3 Å². The van der Waals surface area contributed by atoms with Crippen molar-refractivity contribution in [2.24, 2.45) is 0 Å². The number of carbonyl (C=O) groups excluding carboxylic acids is 2. The van der Waals surface area contributed by atoms with Crippen LogP contribution in [-0.4, -0.2) is 50.0 Å². The summed E-state index contributed by atoms with van der Waals surface area (Å²) >= 11 is 0. The highest BCUT2D eigenvalue weighted by molar-refractivity contribution is 7.92. The van der Waals surface area contributed by atoms with E-state index >= 15 is 0 Å². The fraction of sp³-hybridized carbons (Fsp3) is 0.481. The van der Waals surface area contributed by atoms with E-state index in [9.17, 15) is 22.4 Å². The van der Waals surface area contributed by atoms with Crippen LogP contribution in [0.25, 0.3) is 0 Å². The minimum absolute atomic E-state index is 0.0383. The summed E-state index contributed by atoms with van der Waals surface area (Å²) in [5.74, 6) is -0.931. The van der Waals surface area contributed by atoms with E-state index in [0.717, 1.165) is 23.8 Å². The first kappa shape index (κ1) is 29.3. The van der Waals surface area contributed by atoms with Crippen LogP contribution < -0.4 is 9.62 Å². The molecule has 0 bridgehead atoms. The van der Waals surface area contributed by atoms with Crippen LogP contribution in [0.5, 0.6) is 0 Å². The zero-order valence-electron chi connectivity index (χ0n) is 22.0. The molecular weight excluding hydrogens is 481 g/mol. The number of hydrogen-bond acceptors (Lipinski definition) is 4. The second-order valence-corrected chi connectivity index (χ2v) is 11.2. The first-order chi connectivity index (χ1) is 16.8. The van der Waals surface area contributed by atoms with Gasteiger partial charge in [0.15, 0.2) is 0 Å². The van der Waals surface area contributed by atoms with E-state index in [1.807, 2.05) is 39.8 Å². The predicted octanol–water partition coefficient (Wildman–Crippen LogP) is 4.32. The quantitative estimate of drug-likeness (QED) is 0.453. The Hall–Kier alpha value is -2.94. The minimum atomic E-state index is -3.57. The molecule has 0 aliphatic carbocycles. The average molecular weight is 520 g/mol. The first-order valence-corrected chi connectivity index (χ1v) is 14.1. The average Bonchev–Trinajstić information content (AvgIpc) is 2.82. The maximum Gasteiger partial charge on any atom is 0.242 e. The van der Waals surface area contributed by atoms with E-state index < -0.39 is 16.1 Å². The zero-order valence-corrected chi connectivity index (χ0v) is 22.9. The predicted molar refractivity (Wildman–Crippen MR) is 142 cm³/mol. The summed E-state index contributed by atoms with van der Waals surface area (Å²) in [6.45, 7) is 9.58. The molecule has 2 aromatic carbocycles. The van der Waals surface area contributed by atoms with Gasteiger partial charge in [-0.2, -0.15) is 0 Å². The van der Waals surface area contributed by atoms with Crippen LogP contribution >= 0.6 is 0 Å². The zero-order chi connectivity index (χ0) is 27.0. The summed E-state index contributed by atoms with van der Waals surface area (Å²) in [5.41, 5.74) is 3.13. The Morgan fingerprint density at radius 3 is 2.28 bits per heavy atom. The Bertz CT molecular complexity index is 1150. The van der Waals surface area contributed by atoms with Gasteiger partial charge in [0.05, 0.1) is 11.9 Å². The van der Waals surface area contributed by atoms with Crippen LogP contribution in [0.4, 0.5) is 10.1 Å². The maximum atomic E-state index is 13.4. The second kappa shape index (κ2) is 12.9. The number of aryl methyl sites for hydroxylation is 1. The summed E-state index contributed by atoms with van der Waals surface area (Å²) in [5, 5.41) is 2.91. The molecule has 1 N–H and O–H groups in total. The third-order valence-electron chi connectivity index (χ3n) is 6.43. The highest BCUT2D eigenvalue weighted by Gasteiger charge is 2.27. The lowest BCUT2D eigenvalue weighted by Gasteiger charge is -2.30. The van der Waals surface area contributed by atoms with Crippen molar-refractivity contribution >= 4 is 27.5 Å². The number of sulfonamides is 1. The molecule has 198 valence electrons. The number of halogens is 1. The number of hydrogen-bond donors (Lipinski definition) is 1. The number of benzene rings is 2. The van der Waals surface area contributed by atoms with E-state index in [1.54, 1.807) is 25.1 Å². The molecule has 0 fully saturated rings. The van der Waals surface area contributed by atoms with Gasteiger partial charge in [-0.05, 0) is 75.4 Å². The molecule has 0 saturated heterocycles.